The number of sulfonamides is 1. The fourth-order valence-corrected chi connectivity index (χ4v) is 13.7. The molecule has 0 aliphatic carbocycles. The van der Waals surface area contributed by atoms with Crippen molar-refractivity contribution in [2.75, 3.05) is 89.2 Å². The number of hydrogen-bond donors (Lipinski definition) is 4. The number of carbonyl (C=O) groups is 6. The molecule has 2 aliphatic rings. The normalized spacial score (nSPS) is 13.7. The number of ether oxygens (including phenoxy) is 6. The summed E-state index contributed by atoms with van der Waals surface area (Å²) in [7, 11) is -3.15. The maximum atomic E-state index is 13.7. The van der Waals surface area contributed by atoms with Gasteiger partial charge in [0.2, 0.25) is 10.0 Å². The molecule has 37 heteroatoms. The second-order valence-corrected chi connectivity index (χ2v) is 37.4. The van der Waals surface area contributed by atoms with Gasteiger partial charge in [-0.15, -0.1) is 0 Å². The summed E-state index contributed by atoms with van der Waals surface area (Å²) < 4.78 is 63.6. The Bertz CT molecular complexity index is 5320. The summed E-state index contributed by atoms with van der Waals surface area (Å²) in [6.07, 6.45) is 0.708. The van der Waals surface area contributed by atoms with Crippen molar-refractivity contribution in [3.8, 4) is 34.2 Å². The van der Waals surface area contributed by atoms with E-state index in [1.54, 1.807) is 174 Å². The Balaban J connectivity index is 0.000000193. The number of nitrogens with one attached hydrogen (secondary N) is 2. The Morgan fingerprint density at radius 3 is 1.26 bits per heavy atom. The second-order valence-electron chi connectivity index (χ2n) is 32.8. The lowest BCUT2D eigenvalue weighted by atomic mass is 10.2. The summed E-state index contributed by atoms with van der Waals surface area (Å²) >= 11 is 9.57. The highest BCUT2D eigenvalue weighted by Gasteiger charge is 2.41. The van der Waals surface area contributed by atoms with Crippen LogP contribution in [0.15, 0.2) is 130 Å². The lowest BCUT2D eigenvalue weighted by molar-refractivity contribution is 0.0406. The number of carbonyl (C=O) groups excluding carboxylic acids is 6. The van der Waals surface area contributed by atoms with E-state index in [1.165, 1.54) is 25.8 Å². The number of H-pyrrole nitrogens is 1. The molecule has 33 nitrogen and oxygen atoms in total. The van der Waals surface area contributed by atoms with E-state index >= 15 is 0 Å². The summed E-state index contributed by atoms with van der Waals surface area (Å²) in [5, 5.41) is 5.83. The molecule has 0 atom stereocenters. The number of aromatic amines is 1. The molecule has 626 valence electrons. The zero-order valence-electron chi connectivity index (χ0n) is 69.0. The van der Waals surface area contributed by atoms with Crippen molar-refractivity contribution < 1.29 is 65.6 Å². The molecule has 0 radical (unpaired) electrons. The predicted octanol–water partition coefficient (Wildman–Crippen LogP) is 16.6. The van der Waals surface area contributed by atoms with Gasteiger partial charge in [-0.2, -0.15) is 14.1 Å². The SMILES string of the molecule is CC(C)(C)OC(=O)N(C(=O)OC(C)(C)C)c1ncc(Br)nc1-c1cc2ccccc2n1C(=O)OC(C)(C)C.CC(C)(C)OC(=O)N(C(=O)OC(C)(C)C)c1ncc(N2CCNCC2)nc1-c1cc2ccccc2n1C(=O)OC(C)(C)C.CCS(=O)(=O)N1CCN(c2cnc(N)c(-c3cc4ccccc4[nH]3)n2)CC1.Nc1ncc(Br)nc1Br. The van der Waals surface area contributed by atoms with Crippen molar-refractivity contribution in [3.63, 3.8) is 0 Å². The van der Waals surface area contributed by atoms with Crippen molar-refractivity contribution in [1.82, 2.24) is 63.6 Å². The Labute approximate surface area is 704 Å². The van der Waals surface area contributed by atoms with Crippen LogP contribution in [0.2, 0.25) is 0 Å². The van der Waals surface area contributed by atoms with Gasteiger partial charge in [0.15, 0.2) is 23.3 Å². The van der Waals surface area contributed by atoms with Gasteiger partial charge in [0.05, 0.1) is 58.7 Å². The standard InChI is InChI=1S/C31H42N6O6.C27H33BrN4O6.C18H22N6O2S.C4H3Br2N3/c1-29(2,3)41-26(38)36-21-13-11-10-12-20(21)18-22(36)24-25(33-19-23(34-24)35-16-14-32-15-17-35)37(27(39)42-30(4,5)6)28(40)43-31(7,8)9;1-25(2,3)36-22(33)31-17-13-11-10-12-16(17)14-18(31)20-21(29-15-19(28)30-20)32(23(34)37-26(4,5)6)24(35)38-27(7,8)9;1-2-27(25,26)24-9-7-23(8-10-24)16-12-20-18(19)17(22-16)15-11-13-5-3-4-6-14(13)21-15;5-2-1-8-4(7)3(6)9-2/h10-13,18-19,32H,14-17H2,1-9H3;10-15H,1-9H3;3-6,11-12,21H,2,7-10H2,1H3,(H2,19,20);1H,(H2,7,8). The quantitative estimate of drug-likeness (QED) is 0.0975. The van der Waals surface area contributed by atoms with Crippen molar-refractivity contribution in [2.24, 2.45) is 0 Å². The zero-order valence-corrected chi connectivity index (χ0v) is 74.5. The molecule has 0 bridgehead atoms. The van der Waals surface area contributed by atoms with Crippen LogP contribution in [0.25, 0.3) is 66.9 Å². The average Bonchev–Trinajstić information content (AvgIpc) is 1.67. The van der Waals surface area contributed by atoms with Crippen molar-refractivity contribution in [3.05, 3.63) is 130 Å². The number of aromatic nitrogens is 11. The number of nitrogens with zero attached hydrogens (tertiary/aromatic N) is 15. The maximum absolute atomic E-state index is 13.7. The van der Waals surface area contributed by atoms with Gasteiger partial charge in [-0.1, -0.05) is 54.6 Å². The number of anilines is 6. The Morgan fingerprint density at radius 1 is 0.453 bits per heavy atom. The molecule has 4 amide bonds. The first-order chi connectivity index (χ1) is 54.5. The molecule has 9 heterocycles. The van der Waals surface area contributed by atoms with E-state index in [0.717, 1.165) is 40.0 Å². The number of piperazine rings is 2. The summed E-state index contributed by atoms with van der Waals surface area (Å²) in [6.45, 7) is 37.4. The van der Waals surface area contributed by atoms with Crippen LogP contribution in [0.4, 0.5) is 63.7 Å². The highest BCUT2D eigenvalue weighted by Crippen LogP contribution is 2.39. The first kappa shape index (κ1) is 90.4. The second kappa shape index (κ2) is 36.6. The molecule has 2 aliphatic heterocycles. The van der Waals surface area contributed by atoms with Gasteiger partial charge in [0.1, 0.15) is 76.1 Å². The van der Waals surface area contributed by atoms with Gasteiger partial charge in [0, 0.05) is 74.0 Å². The third-order valence-corrected chi connectivity index (χ3v) is 19.5. The monoisotopic (exact) mass is 1820 g/mol. The number of rotatable bonds is 9. The molecule has 12 rings (SSSR count). The Hall–Kier alpha value is -10.5. The fraction of sp³-hybridized carbons (Fsp3) is 0.425. The Morgan fingerprint density at radius 2 is 0.829 bits per heavy atom. The molecule has 7 aromatic heterocycles. The summed E-state index contributed by atoms with van der Waals surface area (Å²) in [5.74, 6) is 1.79. The number of amides is 4. The molecule has 2 fully saturated rings. The summed E-state index contributed by atoms with van der Waals surface area (Å²) in [5.41, 5.74) is 10.4. The lowest BCUT2D eigenvalue weighted by Gasteiger charge is -2.34. The maximum Gasteiger partial charge on any atom is 0.425 e. The van der Waals surface area contributed by atoms with E-state index in [9.17, 15) is 37.2 Å². The molecule has 3 aromatic carbocycles. The molecule has 2 saturated heterocycles. The number of fused-ring (bicyclic) bond motifs is 3. The van der Waals surface area contributed by atoms with E-state index < -0.39 is 80.2 Å². The minimum atomic E-state index is -3.15. The van der Waals surface area contributed by atoms with Crippen LogP contribution in [0, 0.1) is 0 Å². The highest BCUT2D eigenvalue weighted by molar-refractivity contribution is 9.11. The van der Waals surface area contributed by atoms with Crippen molar-refractivity contribution in [1.29, 1.82) is 0 Å². The number of halogens is 3. The molecule has 10 aromatic rings. The first-order valence-corrected chi connectivity index (χ1v) is 41.4. The van der Waals surface area contributed by atoms with E-state index in [0.29, 0.717) is 103 Å². The van der Waals surface area contributed by atoms with Gasteiger partial charge in [-0.3, -0.25) is 0 Å². The van der Waals surface area contributed by atoms with Gasteiger partial charge in [-0.05, 0) is 216 Å². The topological polar surface area (TPSA) is 401 Å². The fourth-order valence-electron chi connectivity index (χ4n) is 11.5. The molecule has 0 spiro atoms. The number of imide groups is 2. The van der Waals surface area contributed by atoms with E-state index in [1.807, 2.05) is 70.5 Å². The van der Waals surface area contributed by atoms with Gasteiger partial charge in [0.25, 0.3) is 0 Å². The number of benzene rings is 3. The van der Waals surface area contributed by atoms with Crippen molar-refractivity contribution >= 4 is 162 Å². The minimum absolute atomic E-state index is 0.0538. The predicted molar refractivity (Wildman–Crippen MR) is 461 cm³/mol. The molecule has 0 saturated carbocycles. The van der Waals surface area contributed by atoms with E-state index in [-0.39, 0.29) is 40.2 Å². The van der Waals surface area contributed by atoms with E-state index in [2.05, 4.69) is 88.0 Å². The van der Waals surface area contributed by atoms with E-state index in [4.69, 9.17) is 49.9 Å². The van der Waals surface area contributed by atoms with Crippen LogP contribution in [0.3, 0.4) is 0 Å². The first-order valence-electron chi connectivity index (χ1n) is 37.4. The minimum Gasteiger partial charge on any atom is -0.443 e. The number of hydrogen-bond acceptors (Lipinski definition) is 27. The van der Waals surface area contributed by atoms with Crippen LogP contribution < -0.4 is 36.4 Å². The van der Waals surface area contributed by atoms with Gasteiger partial charge in [-0.25, -0.2) is 86.2 Å². The average molecular weight is 1820 g/mol. The van der Waals surface area contributed by atoms with Gasteiger partial charge >= 0.3 is 36.6 Å². The molecule has 0 unspecified atom stereocenters. The largest absolute Gasteiger partial charge is 0.443 e. The molecular weight excluding hydrogens is 1720 g/mol. The van der Waals surface area contributed by atoms with Crippen LogP contribution in [-0.2, 0) is 38.4 Å². The number of nitrogen functional groups attached to an aromatic ring is 2. The molecule has 6 N–H and O–H groups in total. The number of para-hydroxylation sites is 3. The van der Waals surface area contributed by atoms with Crippen molar-refractivity contribution in [2.45, 2.75) is 165 Å². The Kier molecular flexibility index (Phi) is 28.3. The van der Waals surface area contributed by atoms with Gasteiger partial charge < -0.3 is 60.0 Å². The lowest BCUT2D eigenvalue weighted by Crippen LogP contribution is -2.49. The van der Waals surface area contributed by atoms with Crippen LogP contribution in [0.5, 0.6) is 0 Å². The third kappa shape index (κ3) is 24.3. The zero-order chi connectivity index (χ0) is 86.2. The van der Waals surface area contributed by atoms with Crippen LogP contribution in [0.1, 0.15) is 132 Å². The molecule has 117 heavy (non-hydrogen) atoms. The van der Waals surface area contributed by atoms with Crippen LogP contribution >= 0.6 is 47.8 Å². The smallest absolute Gasteiger partial charge is 0.425 e. The summed E-state index contributed by atoms with van der Waals surface area (Å²) in [4.78, 5) is 125. The highest BCUT2D eigenvalue weighted by atomic mass is 79.9. The van der Waals surface area contributed by atoms with Crippen LogP contribution in [-0.4, -0.2) is 195 Å². The number of nitrogens with two attached hydrogens (primary N) is 2. The summed E-state index contributed by atoms with van der Waals surface area (Å²) in [6, 6.07) is 27.9. The molecular formula is C80H100Br3N19O14S. The third-order valence-electron chi connectivity index (χ3n) is 16.3.